The molecule has 0 fully saturated rings. The monoisotopic (exact) mass is 376 g/mol. The van der Waals surface area contributed by atoms with Gasteiger partial charge in [-0.05, 0) is 41.5 Å². The van der Waals surface area contributed by atoms with Gasteiger partial charge in [0.2, 0.25) is 0 Å². The number of nitrogens with one attached hydrogen (secondary N) is 1. The number of para-hydroxylation sites is 1. The lowest BCUT2D eigenvalue weighted by Crippen LogP contribution is -2.33. The predicted octanol–water partition coefficient (Wildman–Crippen LogP) is 4.76. The van der Waals surface area contributed by atoms with E-state index in [2.05, 4.69) is 5.32 Å². The van der Waals surface area contributed by atoms with Crippen LogP contribution in [0.4, 0.5) is 4.39 Å². The molecule has 2 N–H and O–H groups in total. The molecule has 0 bridgehead atoms. The van der Waals surface area contributed by atoms with Crippen molar-refractivity contribution in [2.75, 3.05) is 7.11 Å². The van der Waals surface area contributed by atoms with Gasteiger partial charge in [-0.15, -0.1) is 0 Å². The lowest BCUT2D eigenvalue weighted by atomic mass is 9.93. The van der Waals surface area contributed by atoms with Crippen molar-refractivity contribution in [1.82, 2.24) is 5.32 Å². The topological polar surface area (TPSA) is 53.9 Å². The number of nitrogens with zero attached hydrogens (tertiary/aromatic N) is 1. The van der Waals surface area contributed by atoms with E-state index in [9.17, 15) is 9.50 Å². The molecular formula is C23H21FN2O2. The highest BCUT2D eigenvalue weighted by molar-refractivity contribution is 6.01. The molecule has 0 spiro atoms. The van der Waals surface area contributed by atoms with Crippen molar-refractivity contribution in [1.29, 1.82) is 0 Å². The SMILES string of the molecule is COc1ccc([C@H]2N=C(c3ccc(F)cc3)C[C@@H](c3ccccc3O)N2)cc1. The van der Waals surface area contributed by atoms with Crippen molar-refractivity contribution in [3.8, 4) is 11.5 Å². The van der Waals surface area contributed by atoms with Gasteiger partial charge < -0.3 is 9.84 Å². The summed E-state index contributed by atoms with van der Waals surface area (Å²) in [6, 6.07) is 21.3. The second-order valence-corrected chi connectivity index (χ2v) is 6.74. The van der Waals surface area contributed by atoms with Crippen LogP contribution in [-0.2, 0) is 0 Å². The van der Waals surface area contributed by atoms with E-state index in [1.807, 2.05) is 36.4 Å². The van der Waals surface area contributed by atoms with Gasteiger partial charge in [0, 0.05) is 23.7 Å². The van der Waals surface area contributed by atoms with Crippen molar-refractivity contribution in [3.63, 3.8) is 0 Å². The Balaban J connectivity index is 1.73. The van der Waals surface area contributed by atoms with Crippen molar-refractivity contribution in [2.45, 2.75) is 18.6 Å². The van der Waals surface area contributed by atoms with Crippen LogP contribution >= 0.6 is 0 Å². The molecule has 142 valence electrons. The molecule has 0 aliphatic carbocycles. The Hall–Kier alpha value is -3.18. The average Bonchev–Trinajstić information content (AvgIpc) is 2.74. The summed E-state index contributed by atoms with van der Waals surface area (Å²) in [5.41, 5.74) is 3.55. The zero-order valence-corrected chi connectivity index (χ0v) is 15.5. The first kappa shape index (κ1) is 18.2. The number of halogens is 1. The van der Waals surface area contributed by atoms with Gasteiger partial charge in [0.25, 0.3) is 0 Å². The van der Waals surface area contributed by atoms with Gasteiger partial charge in [-0.3, -0.25) is 10.3 Å². The lowest BCUT2D eigenvalue weighted by molar-refractivity contribution is 0.408. The minimum Gasteiger partial charge on any atom is -0.508 e. The Kier molecular flexibility index (Phi) is 5.08. The van der Waals surface area contributed by atoms with Crippen LogP contribution in [0.2, 0.25) is 0 Å². The first-order valence-corrected chi connectivity index (χ1v) is 9.14. The number of phenols is 1. The van der Waals surface area contributed by atoms with Gasteiger partial charge in [-0.1, -0.05) is 42.5 Å². The van der Waals surface area contributed by atoms with Gasteiger partial charge in [-0.2, -0.15) is 0 Å². The smallest absolute Gasteiger partial charge is 0.126 e. The van der Waals surface area contributed by atoms with E-state index < -0.39 is 0 Å². The number of benzene rings is 3. The molecule has 1 aliphatic heterocycles. The molecule has 0 amide bonds. The highest BCUT2D eigenvalue weighted by Gasteiger charge is 2.27. The molecule has 0 aromatic heterocycles. The fraction of sp³-hybridized carbons (Fsp3) is 0.174. The van der Waals surface area contributed by atoms with Crippen molar-refractivity contribution in [3.05, 3.63) is 95.3 Å². The van der Waals surface area contributed by atoms with Crippen LogP contribution in [0.15, 0.2) is 77.8 Å². The Bertz CT molecular complexity index is 984. The zero-order chi connectivity index (χ0) is 19.5. The van der Waals surface area contributed by atoms with Gasteiger partial charge in [0.05, 0.1) is 7.11 Å². The summed E-state index contributed by atoms with van der Waals surface area (Å²) in [5.74, 6) is 0.746. The van der Waals surface area contributed by atoms with Crippen LogP contribution in [0.25, 0.3) is 0 Å². The molecule has 3 aromatic carbocycles. The van der Waals surface area contributed by atoms with Gasteiger partial charge >= 0.3 is 0 Å². The summed E-state index contributed by atoms with van der Waals surface area (Å²) in [7, 11) is 1.63. The van der Waals surface area contributed by atoms with Crippen LogP contribution in [0, 0.1) is 5.82 Å². The highest BCUT2D eigenvalue weighted by atomic mass is 19.1. The predicted molar refractivity (Wildman–Crippen MR) is 107 cm³/mol. The molecule has 0 saturated carbocycles. The van der Waals surface area contributed by atoms with Gasteiger partial charge in [0.15, 0.2) is 0 Å². The molecule has 5 heteroatoms. The minimum atomic E-state index is -0.288. The van der Waals surface area contributed by atoms with Gasteiger partial charge in [-0.25, -0.2) is 4.39 Å². The van der Waals surface area contributed by atoms with Crippen LogP contribution in [0.3, 0.4) is 0 Å². The fourth-order valence-electron chi connectivity index (χ4n) is 3.46. The largest absolute Gasteiger partial charge is 0.508 e. The average molecular weight is 376 g/mol. The van der Waals surface area contributed by atoms with Crippen molar-refractivity contribution >= 4 is 5.71 Å². The molecule has 4 nitrogen and oxygen atoms in total. The number of phenolic OH excluding ortho intramolecular Hbond substituents is 1. The third-order valence-electron chi connectivity index (χ3n) is 4.96. The van der Waals surface area contributed by atoms with E-state index in [-0.39, 0.29) is 23.8 Å². The Labute approximate surface area is 163 Å². The molecule has 0 unspecified atom stereocenters. The Morgan fingerprint density at radius 1 is 1.00 bits per heavy atom. The first-order chi connectivity index (χ1) is 13.6. The summed E-state index contributed by atoms with van der Waals surface area (Å²) < 4.78 is 18.6. The van der Waals surface area contributed by atoms with Crippen LogP contribution < -0.4 is 10.1 Å². The number of ether oxygens (including phenoxy) is 1. The summed E-state index contributed by atoms with van der Waals surface area (Å²) in [6.45, 7) is 0. The number of rotatable bonds is 4. The van der Waals surface area contributed by atoms with Crippen LogP contribution in [-0.4, -0.2) is 17.9 Å². The van der Waals surface area contributed by atoms with E-state index in [4.69, 9.17) is 9.73 Å². The molecule has 3 aromatic rings. The normalized spacial score (nSPS) is 19.1. The summed E-state index contributed by atoms with van der Waals surface area (Å²) in [6.07, 6.45) is 0.305. The first-order valence-electron chi connectivity index (χ1n) is 9.14. The maximum Gasteiger partial charge on any atom is 0.126 e. The molecular weight excluding hydrogens is 355 g/mol. The standard InChI is InChI=1S/C23H21FN2O2/c1-28-18-12-8-16(9-13-18)23-25-20(15-6-10-17(24)11-7-15)14-21(26-23)19-4-2-3-5-22(19)27/h2-13,21,23,26-27H,14H2,1H3/t21-,23-/m0/s1. The van der Waals surface area contributed by atoms with E-state index in [0.29, 0.717) is 6.42 Å². The summed E-state index contributed by atoms with van der Waals surface area (Å²) in [5, 5.41) is 13.8. The van der Waals surface area contributed by atoms with Crippen LogP contribution in [0.1, 0.15) is 35.3 Å². The maximum atomic E-state index is 13.4. The summed E-state index contributed by atoms with van der Waals surface area (Å²) in [4.78, 5) is 4.87. The third-order valence-corrected chi connectivity index (χ3v) is 4.96. The molecule has 1 aliphatic rings. The number of hydrogen-bond donors (Lipinski definition) is 2. The van der Waals surface area contributed by atoms with Crippen LogP contribution in [0.5, 0.6) is 11.5 Å². The van der Waals surface area contributed by atoms with E-state index in [0.717, 1.165) is 28.2 Å². The van der Waals surface area contributed by atoms with E-state index >= 15 is 0 Å². The van der Waals surface area contributed by atoms with Crippen molar-refractivity contribution in [2.24, 2.45) is 4.99 Å². The lowest BCUT2D eigenvalue weighted by Gasteiger charge is -2.31. The number of aromatic hydroxyl groups is 1. The fourth-order valence-corrected chi connectivity index (χ4v) is 3.46. The molecule has 0 radical (unpaired) electrons. The number of hydrogen-bond acceptors (Lipinski definition) is 4. The number of aliphatic imine (C=N–C) groups is 1. The number of methoxy groups -OCH3 is 1. The second kappa shape index (κ2) is 7.82. The van der Waals surface area contributed by atoms with E-state index in [1.165, 1.54) is 12.1 Å². The highest BCUT2D eigenvalue weighted by Crippen LogP contribution is 2.34. The third kappa shape index (κ3) is 3.75. The maximum absolute atomic E-state index is 13.4. The molecule has 0 saturated heterocycles. The Morgan fingerprint density at radius 3 is 2.39 bits per heavy atom. The summed E-state index contributed by atoms with van der Waals surface area (Å²) >= 11 is 0. The van der Waals surface area contributed by atoms with Crippen molar-refractivity contribution < 1.29 is 14.2 Å². The zero-order valence-electron chi connectivity index (χ0n) is 15.5. The van der Waals surface area contributed by atoms with E-state index in [1.54, 1.807) is 31.4 Å². The van der Waals surface area contributed by atoms with Gasteiger partial charge in [0.1, 0.15) is 23.5 Å². The molecule has 28 heavy (non-hydrogen) atoms. The quantitative estimate of drug-likeness (QED) is 0.690. The minimum absolute atomic E-state index is 0.120. The second-order valence-electron chi connectivity index (χ2n) is 6.74. The molecule has 4 rings (SSSR count). The molecule has 2 atom stereocenters. The molecule has 1 heterocycles. The Morgan fingerprint density at radius 2 is 1.71 bits per heavy atom.